The van der Waals surface area contributed by atoms with Crippen LogP contribution >= 0.6 is 0 Å². The van der Waals surface area contributed by atoms with E-state index in [-0.39, 0.29) is 11.4 Å². The summed E-state index contributed by atoms with van der Waals surface area (Å²) in [6.07, 6.45) is 4.51. The SMILES string of the molecule is CNc1cccc(C(=O)NC2(C)CCCC2)n1. The van der Waals surface area contributed by atoms with E-state index >= 15 is 0 Å². The van der Waals surface area contributed by atoms with E-state index in [2.05, 4.69) is 22.5 Å². The van der Waals surface area contributed by atoms with Gasteiger partial charge in [0, 0.05) is 12.6 Å². The Labute approximate surface area is 102 Å². The smallest absolute Gasteiger partial charge is 0.270 e. The van der Waals surface area contributed by atoms with E-state index < -0.39 is 0 Å². The molecular formula is C13H19N3O. The van der Waals surface area contributed by atoms with Crippen molar-refractivity contribution in [2.75, 3.05) is 12.4 Å². The summed E-state index contributed by atoms with van der Waals surface area (Å²) in [6, 6.07) is 5.42. The molecule has 0 radical (unpaired) electrons. The Morgan fingerprint density at radius 3 is 2.71 bits per heavy atom. The number of carbonyl (C=O) groups is 1. The molecule has 2 N–H and O–H groups in total. The minimum Gasteiger partial charge on any atom is -0.373 e. The van der Waals surface area contributed by atoms with E-state index in [0.29, 0.717) is 11.5 Å². The number of pyridine rings is 1. The second-order valence-electron chi connectivity index (χ2n) is 4.88. The van der Waals surface area contributed by atoms with Crippen molar-refractivity contribution in [1.82, 2.24) is 10.3 Å². The normalized spacial score (nSPS) is 17.8. The lowest BCUT2D eigenvalue weighted by Gasteiger charge is -2.25. The zero-order valence-corrected chi connectivity index (χ0v) is 10.4. The Morgan fingerprint density at radius 1 is 1.35 bits per heavy atom. The molecule has 1 aliphatic carbocycles. The highest BCUT2D eigenvalue weighted by Crippen LogP contribution is 2.29. The van der Waals surface area contributed by atoms with Gasteiger partial charge in [0.05, 0.1) is 0 Å². The summed E-state index contributed by atoms with van der Waals surface area (Å²) in [4.78, 5) is 16.3. The summed E-state index contributed by atoms with van der Waals surface area (Å²) < 4.78 is 0. The van der Waals surface area contributed by atoms with Crippen LogP contribution in [0.1, 0.15) is 43.1 Å². The van der Waals surface area contributed by atoms with Crippen LogP contribution in [0.3, 0.4) is 0 Å². The number of hydrogen-bond acceptors (Lipinski definition) is 3. The first kappa shape index (κ1) is 11.9. The molecule has 1 amide bonds. The average Bonchev–Trinajstić information content (AvgIpc) is 2.76. The van der Waals surface area contributed by atoms with E-state index in [1.54, 1.807) is 13.1 Å². The number of carbonyl (C=O) groups excluding carboxylic acids is 1. The zero-order valence-electron chi connectivity index (χ0n) is 10.4. The molecule has 92 valence electrons. The Bertz CT molecular complexity index is 411. The van der Waals surface area contributed by atoms with Crippen LogP contribution in [-0.4, -0.2) is 23.5 Å². The summed E-state index contributed by atoms with van der Waals surface area (Å²) in [5, 5.41) is 6.03. The fourth-order valence-electron chi connectivity index (χ4n) is 2.32. The topological polar surface area (TPSA) is 54.0 Å². The van der Waals surface area contributed by atoms with Gasteiger partial charge in [-0.25, -0.2) is 4.98 Å². The molecule has 1 heterocycles. The van der Waals surface area contributed by atoms with Crippen LogP contribution in [0.15, 0.2) is 18.2 Å². The molecule has 0 aromatic carbocycles. The van der Waals surface area contributed by atoms with Gasteiger partial charge in [-0.1, -0.05) is 18.9 Å². The Morgan fingerprint density at radius 2 is 2.06 bits per heavy atom. The van der Waals surface area contributed by atoms with Crippen molar-refractivity contribution in [2.24, 2.45) is 0 Å². The van der Waals surface area contributed by atoms with E-state index in [1.807, 2.05) is 12.1 Å². The quantitative estimate of drug-likeness (QED) is 0.841. The molecule has 0 saturated heterocycles. The molecule has 4 nitrogen and oxygen atoms in total. The van der Waals surface area contributed by atoms with Gasteiger partial charge in [-0.15, -0.1) is 0 Å². The number of nitrogens with zero attached hydrogens (tertiary/aromatic N) is 1. The highest BCUT2D eigenvalue weighted by molar-refractivity contribution is 5.93. The van der Waals surface area contributed by atoms with Gasteiger partial charge in [-0.3, -0.25) is 4.79 Å². The molecule has 0 bridgehead atoms. The summed E-state index contributed by atoms with van der Waals surface area (Å²) in [5.74, 6) is 0.640. The Hall–Kier alpha value is -1.58. The minimum absolute atomic E-state index is 0.0472. The molecule has 0 atom stereocenters. The van der Waals surface area contributed by atoms with Gasteiger partial charge in [-0.05, 0) is 31.9 Å². The molecule has 1 fully saturated rings. The van der Waals surface area contributed by atoms with E-state index in [9.17, 15) is 4.79 Å². The van der Waals surface area contributed by atoms with Crippen LogP contribution in [0.2, 0.25) is 0 Å². The van der Waals surface area contributed by atoms with Crippen LogP contribution in [0.5, 0.6) is 0 Å². The number of anilines is 1. The molecular weight excluding hydrogens is 214 g/mol. The number of nitrogens with one attached hydrogen (secondary N) is 2. The third kappa shape index (κ3) is 2.75. The van der Waals surface area contributed by atoms with Gasteiger partial charge in [0.1, 0.15) is 11.5 Å². The first-order valence-electron chi connectivity index (χ1n) is 6.10. The van der Waals surface area contributed by atoms with Crippen LogP contribution in [-0.2, 0) is 0 Å². The van der Waals surface area contributed by atoms with E-state index in [0.717, 1.165) is 12.8 Å². The van der Waals surface area contributed by atoms with Crippen LogP contribution in [0.25, 0.3) is 0 Å². The molecule has 1 aromatic heterocycles. The van der Waals surface area contributed by atoms with Gasteiger partial charge in [-0.2, -0.15) is 0 Å². The van der Waals surface area contributed by atoms with Gasteiger partial charge < -0.3 is 10.6 Å². The van der Waals surface area contributed by atoms with Crippen LogP contribution < -0.4 is 10.6 Å². The fourth-order valence-corrected chi connectivity index (χ4v) is 2.32. The lowest BCUT2D eigenvalue weighted by Crippen LogP contribution is -2.43. The predicted octanol–water partition coefficient (Wildman–Crippen LogP) is 2.19. The van der Waals surface area contributed by atoms with Crippen molar-refractivity contribution in [2.45, 2.75) is 38.1 Å². The van der Waals surface area contributed by atoms with Crippen LogP contribution in [0, 0.1) is 0 Å². The lowest BCUT2D eigenvalue weighted by atomic mass is 10.0. The van der Waals surface area contributed by atoms with Crippen LogP contribution in [0.4, 0.5) is 5.82 Å². The second kappa shape index (κ2) is 4.73. The van der Waals surface area contributed by atoms with Gasteiger partial charge in [0.15, 0.2) is 0 Å². The van der Waals surface area contributed by atoms with E-state index in [1.165, 1.54) is 12.8 Å². The second-order valence-corrected chi connectivity index (χ2v) is 4.88. The highest BCUT2D eigenvalue weighted by Gasteiger charge is 2.30. The molecule has 1 saturated carbocycles. The van der Waals surface area contributed by atoms with Crippen molar-refractivity contribution in [3.05, 3.63) is 23.9 Å². The number of hydrogen-bond donors (Lipinski definition) is 2. The molecule has 0 aliphatic heterocycles. The third-order valence-electron chi connectivity index (χ3n) is 3.36. The Balaban J connectivity index is 2.08. The van der Waals surface area contributed by atoms with Gasteiger partial charge in [0.2, 0.25) is 0 Å². The van der Waals surface area contributed by atoms with Crippen molar-refractivity contribution >= 4 is 11.7 Å². The molecule has 4 heteroatoms. The monoisotopic (exact) mass is 233 g/mol. The molecule has 0 unspecified atom stereocenters. The fraction of sp³-hybridized carbons (Fsp3) is 0.538. The number of aromatic nitrogens is 1. The molecule has 0 spiro atoms. The summed E-state index contributed by atoms with van der Waals surface area (Å²) in [7, 11) is 1.79. The van der Waals surface area contributed by atoms with Crippen molar-refractivity contribution in [1.29, 1.82) is 0 Å². The molecule has 1 aromatic rings. The van der Waals surface area contributed by atoms with Gasteiger partial charge in [0.25, 0.3) is 5.91 Å². The maximum absolute atomic E-state index is 12.1. The molecule has 1 aliphatic rings. The first-order chi connectivity index (χ1) is 8.13. The average molecular weight is 233 g/mol. The summed E-state index contributed by atoms with van der Waals surface area (Å²) in [6.45, 7) is 2.11. The highest BCUT2D eigenvalue weighted by atomic mass is 16.2. The number of amides is 1. The third-order valence-corrected chi connectivity index (χ3v) is 3.36. The van der Waals surface area contributed by atoms with Crippen molar-refractivity contribution in [3.8, 4) is 0 Å². The van der Waals surface area contributed by atoms with Gasteiger partial charge >= 0.3 is 0 Å². The van der Waals surface area contributed by atoms with E-state index in [4.69, 9.17) is 0 Å². The van der Waals surface area contributed by atoms with Crippen molar-refractivity contribution < 1.29 is 4.79 Å². The standard InChI is InChI=1S/C13H19N3O/c1-13(8-3-4-9-13)16-12(17)10-6-5-7-11(14-2)15-10/h5-7H,3-4,8-9H2,1-2H3,(H,14,15)(H,16,17). The predicted molar refractivity (Wildman–Crippen MR) is 68.1 cm³/mol. The summed E-state index contributed by atoms with van der Waals surface area (Å²) >= 11 is 0. The lowest BCUT2D eigenvalue weighted by molar-refractivity contribution is 0.0903. The molecule has 2 rings (SSSR count). The molecule has 17 heavy (non-hydrogen) atoms. The maximum Gasteiger partial charge on any atom is 0.270 e. The van der Waals surface area contributed by atoms with Crippen molar-refractivity contribution in [3.63, 3.8) is 0 Å². The Kier molecular flexibility index (Phi) is 3.31. The summed E-state index contributed by atoms with van der Waals surface area (Å²) in [5.41, 5.74) is 0.430. The minimum atomic E-state index is -0.0773. The first-order valence-corrected chi connectivity index (χ1v) is 6.10. The largest absolute Gasteiger partial charge is 0.373 e. The zero-order chi connectivity index (χ0) is 12.3. The number of rotatable bonds is 3. The maximum atomic E-state index is 12.1.